The van der Waals surface area contributed by atoms with E-state index in [-0.39, 0.29) is 11.8 Å². The summed E-state index contributed by atoms with van der Waals surface area (Å²) in [5.74, 6) is -0.561. The van der Waals surface area contributed by atoms with Crippen molar-refractivity contribution in [3.63, 3.8) is 0 Å². The number of imide groups is 1. The Balaban J connectivity index is 2.61. The Morgan fingerprint density at radius 1 is 1.12 bits per heavy atom. The average molecular weight is 216 g/mol. The van der Waals surface area contributed by atoms with Gasteiger partial charge in [0.05, 0.1) is 5.69 Å². The largest absolute Gasteiger partial charge is 0.359 e. The Labute approximate surface area is 92.9 Å². The normalized spacial score (nSPS) is 10.4. The third-order valence-corrected chi connectivity index (χ3v) is 2.44. The number of aromatic nitrogens is 1. The number of H-pyrrole nitrogens is 1. The maximum Gasteiger partial charge on any atom is 0.230 e. The first-order valence-corrected chi connectivity index (χ1v) is 4.98. The minimum Gasteiger partial charge on any atom is -0.359 e. The van der Waals surface area contributed by atoms with Crippen LogP contribution >= 0.6 is 0 Å². The van der Waals surface area contributed by atoms with Gasteiger partial charge in [0.2, 0.25) is 11.8 Å². The summed E-state index contributed by atoms with van der Waals surface area (Å²) in [5, 5.41) is 0.868. The van der Waals surface area contributed by atoms with E-state index in [2.05, 4.69) is 4.98 Å². The molecule has 2 amide bonds. The highest BCUT2D eigenvalue weighted by Gasteiger charge is 2.19. The van der Waals surface area contributed by atoms with Crippen LogP contribution in [0.1, 0.15) is 13.8 Å². The molecule has 0 aliphatic carbocycles. The van der Waals surface area contributed by atoms with Gasteiger partial charge >= 0.3 is 0 Å². The van der Waals surface area contributed by atoms with Crippen molar-refractivity contribution in [2.75, 3.05) is 4.90 Å². The molecule has 1 aromatic carbocycles. The maximum absolute atomic E-state index is 11.4. The molecule has 0 bridgehead atoms. The molecule has 82 valence electrons. The minimum atomic E-state index is -0.280. The summed E-state index contributed by atoms with van der Waals surface area (Å²) >= 11 is 0. The third-order valence-electron chi connectivity index (χ3n) is 2.44. The Bertz CT molecular complexity index is 543. The summed E-state index contributed by atoms with van der Waals surface area (Å²) in [6.07, 6.45) is 1.67. The third kappa shape index (κ3) is 1.58. The summed E-state index contributed by atoms with van der Waals surface area (Å²) < 4.78 is 0. The molecule has 1 heterocycles. The van der Waals surface area contributed by atoms with Crippen LogP contribution < -0.4 is 4.90 Å². The van der Waals surface area contributed by atoms with Crippen molar-refractivity contribution >= 4 is 28.4 Å². The fourth-order valence-corrected chi connectivity index (χ4v) is 1.80. The molecule has 1 aromatic heterocycles. The van der Waals surface area contributed by atoms with Crippen molar-refractivity contribution in [1.29, 1.82) is 0 Å². The molecule has 0 saturated carbocycles. The second-order valence-electron chi connectivity index (χ2n) is 3.59. The van der Waals surface area contributed by atoms with Crippen molar-refractivity contribution in [3.05, 3.63) is 30.5 Å². The number of aromatic amines is 1. The fourth-order valence-electron chi connectivity index (χ4n) is 1.80. The van der Waals surface area contributed by atoms with E-state index in [0.717, 1.165) is 10.9 Å². The van der Waals surface area contributed by atoms with E-state index in [4.69, 9.17) is 0 Å². The van der Waals surface area contributed by atoms with E-state index in [1.54, 1.807) is 6.20 Å². The number of benzene rings is 1. The quantitative estimate of drug-likeness (QED) is 0.793. The van der Waals surface area contributed by atoms with E-state index in [9.17, 15) is 9.59 Å². The molecule has 2 aromatic rings. The van der Waals surface area contributed by atoms with Gasteiger partial charge in [0.1, 0.15) is 0 Å². The van der Waals surface area contributed by atoms with Crippen LogP contribution in [0.3, 0.4) is 0 Å². The number of rotatable bonds is 1. The molecule has 0 fully saturated rings. The first kappa shape index (κ1) is 10.4. The Morgan fingerprint density at radius 2 is 1.75 bits per heavy atom. The summed E-state index contributed by atoms with van der Waals surface area (Å²) in [5.41, 5.74) is 1.51. The predicted octanol–water partition coefficient (Wildman–Crippen LogP) is 2.07. The van der Waals surface area contributed by atoms with Crippen molar-refractivity contribution in [3.8, 4) is 0 Å². The molecular formula is C12H12N2O2. The summed E-state index contributed by atoms with van der Waals surface area (Å²) in [6, 6.07) is 7.55. The second-order valence-corrected chi connectivity index (χ2v) is 3.59. The number of carbonyl (C=O) groups is 2. The zero-order valence-corrected chi connectivity index (χ0v) is 9.15. The Morgan fingerprint density at radius 3 is 2.38 bits per heavy atom. The number of hydrogen-bond acceptors (Lipinski definition) is 2. The molecule has 4 heteroatoms. The lowest BCUT2D eigenvalue weighted by atomic mass is 10.2. The first-order valence-electron chi connectivity index (χ1n) is 4.98. The van der Waals surface area contributed by atoms with Crippen LogP contribution in [0.4, 0.5) is 5.69 Å². The van der Waals surface area contributed by atoms with Gasteiger partial charge in [0.15, 0.2) is 0 Å². The zero-order valence-electron chi connectivity index (χ0n) is 9.15. The van der Waals surface area contributed by atoms with E-state index < -0.39 is 0 Å². The standard InChI is InChI=1S/C12H12N2O2/c1-8(15)14(9(2)16)12-7-13-11-6-4-3-5-10(11)12/h3-7,13H,1-2H3. The highest BCUT2D eigenvalue weighted by molar-refractivity contribution is 6.17. The highest BCUT2D eigenvalue weighted by Crippen LogP contribution is 2.26. The number of hydrogen-bond donors (Lipinski definition) is 1. The lowest BCUT2D eigenvalue weighted by Crippen LogP contribution is -2.32. The van der Waals surface area contributed by atoms with Gasteiger partial charge in [-0.3, -0.25) is 9.59 Å². The Kier molecular flexibility index (Phi) is 2.48. The maximum atomic E-state index is 11.4. The van der Waals surface area contributed by atoms with Gasteiger partial charge < -0.3 is 4.98 Å². The summed E-state index contributed by atoms with van der Waals surface area (Å²) in [7, 11) is 0. The summed E-state index contributed by atoms with van der Waals surface area (Å²) in [6.45, 7) is 2.76. The topological polar surface area (TPSA) is 53.2 Å². The second kappa shape index (κ2) is 3.81. The van der Waals surface area contributed by atoms with Gasteiger partial charge in [0, 0.05) is 30.9 Å². The van der Waals surface area contributed by atoms with Gasteiger partial charge in [-0.05, 0) is 6.07 Å². The molecule has 0 aliphatic heterocycles. The lowest BCUT2D eigenvalue weighted by molar-refractivity contribution is -0.124. The molecule has 0 radical (unpaired) electrons. The van der Waals surface area contributed by atoms with E-state index in [0.29, 0.717) is 5.69 Å². The highest BCUT2D eigenvalue weighted by atomic mass is 16.2. The molecule has 4 nitrogen and oxygen atoms in total. The molecular weight excluding hydrogens is 204 g/mol. The molecule has 0 atom stereocenters. The van der Waals surface area contributed by atoms with Crippen LogP contribution in [0.5, 0.6) is 0 Å². The van der Waals surface area contributed by atoms with E-state index >= 15 is 0 Å². The number of carbonyl (C=O) groups excluding carboxylic acids is 2. The molecule has 0 saturated heterocycles. The van der Waals surface area contributed by atoms with Crippen molar-refractivity contribution < 1.29 is 9.59 Å². The number of nitrogens with zero attached hydrogens (tertiary/aromatic N) is 1. The van der Waals surface area contributed by atoms with Crippen LogP contribution in [-0.2, 0) is 9.59 Å². The molecule has 0 aliphatic rings. The molecule has 0 unspecified atom stereocenters. The van der Waals surface area contributed by atoms with Gasteiger partial charge in [-0.2, -0.15) is 0 Å². The number of fused-ring (bicyclic) bond motifs is 1. The lowest BCUT2D eigenvalue weighted by Gasteiger charge is -2.15. The van der Waals surface area contributed by atoms with Crippen molar-refractivity contribution in [1.82, 2.24) is 4.98 Å². The van der Waals surface area contributed by atoms with E-state index in [1.807, 2.05) is 24.3 Å². The predicted molar refractivity (Wildman–Crippen MR) is 62.1 cm³/mol. The van der Waals surface area contributed by atoms with Crippen LogP contribution in [0.25, 0.3) is 10.9 Å². The van der Waals surface area contributed by atoms with Gasteiger partial charge in [-0.15, -0.1) is 0 Å². The van der Waals surface area contributed by atoms with Crippen LogP contribution in [0, 0.1) is 0 Å². The molecule has 16 heavy (non-hydrogen) atoms. The van der Waals surface area contributed by atoms with Crippen molar-refractivity contribution in [2.24, 2.45) is 0 Å². The van der Waals surface area contributed by atoms with E-state index in [1.165, 1.54) is 18.7 Å². The SMILES string of the molecule is CC(=O)N(C(C)=O)c1c[nH]c2ccccc12. The number of nitrogens with one attached hydrogen (secondary N) is 1. The molecule has 2 rings (SSSR count). The van der Waals surface area contributed by atoms with Crippen LogP contribution in [0.15, 0.2) is 30.5 Å². The minimum absolute atomic E-state index is 0.280. The molecule has 0 spiro atoms. The van der Waals surface area contributed by atoms with Gasteiger partial charge in [-0.25, -0.2) is 4.90 Å². The van der Waals surface area contributed by atoms with Gasteiger partial charge in [-0.1, -0.05) is 18.2 Å². The molecule has 1 N–H and O–H groups in total. The zero-order chi connectivity index (χ0) is 11.7. The first-order chi connectivity index (χ1) is 7.61. The Hall–Kier alpha value is -2.10. The number of anilines is 1. The average Bonchev–Trinajstić information content (AvgIpc) is 2.61. The smallest absolute Gasteiger partial charge is 0.230 e. The number of para-hydroxylation sites is 1. The van der Waals surface area contributed by atoms with Crippen molar-refractivity contribution in [2.45, 2.75) is 13.8 Å². The monoisotopic (exact) mass is 216 g/mol. The summed E-state index contributed by atoms with van der Waals surface area (Å²) in [4.78, 5) is 27.0. The van der Waals surface area contributed by atoms with Crippen LogP contribution in [0.2, 0.25) is 0 Å². The van der Waals surface area contributed by atoms with Gasteiger partial charge in [0.25, 0.3) is 0 Å². The fraction of sp³-hybridized carbons (Fsp3) is 0.167. The number of amides is 2. The van der Waals surface area contributed by atoms with Crippen LogP contribution in [-0.4, -0.2) is 16.8 Å².